The molecule has 3 aromatic carbocycles. The number of carbonyl (C=O) groups is 2. The minimum Gasteiger partial charge on any atom is -0.501 e. The molecule has 0 spiro atoms. The lowest BCUT2D eigenvalue weighted by Crippen LogP contribution is -2.65. The summed E-state index contributed by atoms with van der Waals surface area (Å²) in [5.41, 5.74) is 2.34. The van der Waals surface area contributed by atoms with Gasteiger partial charge in [-0.1, -0.05) is 13.0 Å². The highest BCUT2D eigenvalue weighted by atomic mass is 19.1. The van der Waals surface area contributed by atoms with E-state index in [1.165, 1.54) is 30.3 Å². The zero-order valence-corrected chi connectivity index (χ0v) is 25.3. The van der Waals surface area contributed by atoms with Crippen LogP contribution < -0.4 is 20.1 Å². The molecule has 0 saturated carbocycles. The number of anilines is 2. The Balaban J connectivity index is 1.11. The van der Waals surface area contributed by atoms with Gasteiger partial charge in [-0.15, -0.1) is 0 Å². The van der Waals surface area contributed by atoms with Crippen LogP contribution in [0.1, 0.15) is 33.3 Å². The van der Waals surface area contributed by atoms with Gasteiger partial charge in [-0.25, -0.2) is 4.39 Å². The Morgan fingerprint density at radius 2 is 1.46 bits per heavy atom. The molecule has 14 heteroatoms. The molecule has 0 bridgehead atoms. The van der Waals surface area contributed by atoms with Crippen molar-refractivity contribution in [2.45, 2.75) is 24.3 Å². The third-order valence-corrected chi connectivity index (χ3v) is 8.15. The number of hydrogen-bond acceptors (Lipinski definition) is 7. The molecule has 2 N–H and O–H groups in total. The fraction of sp³-hybridized carbons (Fsp3) is 0.281. The number of nitrogens with one attached hydrogen (secondary N) is 2. The molecule has 224 valence electrons. The van der Waals surface area contributed by atoms with Crippen LogP contribution in [0.15, 0.2) is 66.7 Å². The summed E-state index contributed by atoms with van der Waals surface area (Å²) < 4.78 is 25.6. The van der Waals surface area contributed by atoms with Gasteiger partial charge in [0.15, 0.2) is 11.5 Å². The average Bonchev–Trinajstić information content (AvgIpc) is 3.02. The highest BCUT2D eigenvalue weighted by Crippen LogP contribution is 2.39. The Bertz CT molecular complexity index is 1820. The maximum absolute atomic E-state index is 14.7. The molecule has 1 fully saturated rings. The minimum atomic E-state index is -2.06. The molecule has 0 aliphatic carbocycles. The molecule has 0 atom stereocenters. The predicted molar refractivity (Wildman–Crippen MR) is 178 cm³/mol. The molecular formula is C32H28B4FN5O4. The van der Waals surface area contributed by atoms with E-state index in [0.717, 1.165) is 61.9 Å². The van der Waals surface area contributed by atoms with Crippen LogP contribution in [0.2, 0.25) is 0 Å². The summed E-state index contributed by atoms with van der Waals surface area (Å²) in [6.45, 7) is 8.11. The largest absolute Gasteiger partial charge is 0.501 e. The monoisotopic (exact) mass is 609 g/mol. The molecule has 1 saturated heterocycles. The second kappa shape index (κ2) is 12.5. The van der Waals surface area contributed by atoms with Gasteiger partial charge in [-0.05, 0) is 67.2 Å². The van der Waals surface area contributed by atoms with Gasteiger partial charge < -0.3 is 25.0 Å². The fourth-order valence-corrected chi connectivity index (χ4v) is 5.32. The molecule has 46 heavy (non-hydrogen) atoms. The normalized spacial score (nSPS) is 17.3. The summed E-state index contributed by atoms with van der Waals surface area (Å²) in [6.07, 6.45) is 0. The van der Waals surface area contributed by atoms with Crippen molar-refractivity contribution in [2.24, 2.45) is 0 Å². The number of rotatable bonds is 7. The summed E-state index contributed by atoms with van der Waals surface area (Å²) in [5, 5.41) is 1.98. The summed E-state index contributed by atoms with van der Waals surface area (Å²) >= 11 is 0. The number of amides is 2. The van der Waals surface area contributed by atoms with Crippen molar-refractivity contribution in [1.29, 1.82) is 0 Å². The zero-order valence-electron chi connectivity index (χ0n) is 25.3. The van der Waals surface area contributed by atoms with Crippen LogP contribution in [-0.2, 0) is 6.54 Å². The number of nitrogens with zero attached hydrogens (tertiary/aromatic N) is 3. The second-order valence-electron chi connectivity index (χ2n) is 11.5. The fourth-order valence-electron chi connectivity index (χ4n) is 5.32. The van der Waals surface area contributed by atoms with Crippen molar-refractivity contribution in [3.63, 3.8) is 0 Å². The second-order valence-corrected chi connectivity index (χ2v) is 11.5. The Morgan fingerprint density at radius 3 is 2.20 bits per heavy atom. The van der Waals surface area contributed by atoms with Crippen molar-refractivity contribution in [3.8, 4) is 11.5 Å². The molecule has 8 radical (unpaired) electrons. The number of ether oxygens (including phenoxy) is 2. The summed E-state index contributed by atoms with van der Waals surface area (Å²) in [4.78, 5) is 35.7. The SMILES string of the molecule is [B]C1([B])Oc2ccc(C(=O)Nc3ccc(F)c(NC(=O)c4ccc5nc(CN6CCN(CC)CC6)ccc5c4)c3)cc2OC1([B])[B]. The molecule has 2 amide bonds. The van der Waals surface area contributed by atoms with E-state index in [4.69, 9.17) is 45.8 Å². The number of fused-ring (bicyclic) bond motifs is 2. The number of hydrogen-bond donors (Lipinski definition) is 2. The number of aromatic nitrogens is 1. The van der Waals surface area contributed by atoms with E-state index < -0.39 is 28.4 Å². The molecule has 3 heterocycles. The number of carbonyl (C=O) groups excluding carboxylic acids is 2. The van der Waals surface area contributed by atoms with E-state index in [1.807, 2.05) is 12.1 Å². The molecule has 9 nitrogen and oxygen atoms in total. The number of halogens is 1. The Hall–Kier alpha value is -4.28. The number of pyridine rings is 1. The van der Waals surface area contributed by atoms with Crippen molar-refractivity contribution < 1.29 is 23.5 Å². The first-order valence-electron chi connectivity index (χ1n) is 14.8. The van der Waals surface area contributed by atoms with Gasteiger partial charge in [0.25, 0.3) is 11.8 Å². The molecule has 2 aliphatic heterocycles. The van der Waals surface area contributed by atoms with E-state index in [1.54, 1.807) is 18.2 Å². The molecular weight excluding hydrogens is 581 g/mol. The van der Waals surface area contributed by atoms with E-state index in [9.17, 15) is 14.0 Å². The summed E-state index contributed by atoms with van der Waals surface area (Å²) in [7, 11) is 23.2. The Kier molecular flexibility index (Phi) is 8.60. The van der Waals surface area contributed by atoms with Gasteiger partial charge >= 0.3 is 0 Å². The Morgan fingerprint density at radius 1 is 0.804 bits per heavy atom. The van der Waals surface area contributed by atoms with E-state index in [0.29, 0.717) is 5.56 Å². The predicted octanol–water partition coefficient (Wildman–Crippen LogP) is 2.77. The van der Waals surface area contributed by atoms with Crippen LogP contribution in [0.5, 0.6) is 11.5 Å². The van der Waals surface area contributed by atoms with Crippen molar-refractivity contribution in [3.05, 3.63) is 89.4 Å². The van der Waals surface area contributed by atoms with Crippen LogP contribution in [0.3, 0.4) is 0 Å². The quantitative estimate of drug-likeness (QED) is 0.312. The summed E-state index contributed by atoms with van der Waals surface area (Å²) in [6, 6.07) is 17.1. The van der Waals surface area contributed by atoms with Crippen molar-refractivity contribution in [2.75, 3.05) is 43.4 Å². The lowest BCUT2D eigenvalue weighted by Gasteiger charge is -2.48. The van der Waals surface area contributed by atoms with Crippen molar-refractivity contribution >= 4 is 65.5 Å². The number of piperazine rings is 1. The van der Waals surface area contributed by atoms with Crippen LogP contribution in [-0.4, -0.2) is 102 Å². The van der Waals surface area contributed by atoms with E-state index >= 15 is 0 Å². The first-order chi connectivity index (χ1) is 21.9. The van der Waals surface area contributed by atoms with Crippen LogP contribution in [0, 0.1) is 5.82 Å². The molecule has 4 aromatic rings. The first-order valence-corrected chi connectivity index (χ1v) is 14.8. The van der Waals surface area contributed by atoms with Gasteiger partial charge in [0, 0.05) is 65.7 Å². The topological polar surface area (TPSA) is 96.0 Å². The van der Waals surface area contributed by atoms with E-state index in [2.05, 4.69) is 27.4 Å². The van der Waals surface area contributed by atoms with Crippen LogP contribution in [0.25, 0.3) is 10.9 Å². The highest BCUT2D eigenvalue weighted by molar-refractivity contribution is 6.53. The Labute approximate surface area is 271 Å². The third-order valence-electron chi connectivity index (χ3n) is 8.15. The van der Waals surface area contributed by atoms with Gasteiger partial charge in [-0.3, -0.25) is 19.5 Å². The lowest BCUT2D eigenvalue weighted by molar-refractivity contribution is 0.0616. The number of benzene rings is 3. The molecule has 1 aromatic heterocycles. The maximum atomic E-state index is 14.7. The van der Waals surface area contributed by atoms with Gasteiger partial charge in [0.05, 0.1) is 16.9 Å². The third kappa shape index (κ3) is 6.64. The lowest BCUT2D eigenvalue weighted by atomic mass is 9.41. The van der Waals surface area contributed by atoms with Crippen molar-refractivity contribution in [1.82, 2.24) is 14.8 Å². The van der Waals surface area contributed by atoms with Gasteiger partial charge in [0.2, 0.25) is 0 Å². The molecule has 0 unspecified atom stereocenters. The van der Waals surface area contributed by atoms with E-state index in [-0.39, 0.29) is 28.4 Å². The smallest absolute Gasteiger partial charge is 0.255 e. The highest BCUT2D eigenvalue weighted by Gasteiger charge is 2.43. The summed E-state index contributed by atoms with van der Waals surface area (Å²) in [5.74, 6) is -1.55. The maximum Gasteiger partial charge on any atom is 0.255 e. The van der Waals surface area contributed by atoms with Crippen LogP contribution in [0.4, 0.5) is 15.8 Å². The molecule has 2 aliphatic rings. The number of likely N-dealkylation sites (N-methyl/N-ethyl adjacent to an activating group) is 1. The first kappa shape index (κ1) is 31.7. The minimum absolute atomic E-state index is 0.0588. The average molecular weight is 609 g/mol. The van der Waals surface area contributed by atoms with Gasteiger partial charge in [0.1, 0.15) is 37.2 Å². The van der Waals surface area contributed by atoms with Crippen LogP contribution >= 0.6 is 0 Å². The standard InChI is InChI=1S/C32H28B4FN5O4/c1-2-41-11-13-42(14-12-41)18-23-6-3-19-15-20(4-9-25(19)38-23)30(44)40-26-17-22(7-8-24(26)37)39-29(43)21-5-10-27-28(16-21)46-32(35,36)31(33,34)45-27/h3-10,15-17H,2,11-14,18H2,1H3,(H,39,43)(H,40,44). The molecule has 6 rings (SSSR count). The van der Waals surface area contributed by atoms with Gasteiger partial charge in [-0.2, -0.15) is 0 Å². The zero-order chi connectivity index (χ0) is 32.6.